The number of fused-ring (bicyclic) bond motifs is 1. The Morgan fingerprint density at radius 1 is 1.10 bits per heavy atom. The monoisotopic (exact) mass is 431 g/mol. The van der Waals surface area contributed by atoms with E-state index in [1.165, 1.54) is 18.2 Å². The number of nitrogens with one attached hydrogen (secondary N) is 2. The average molecular weight is 432 g/mol. The summed E-state index contributed by atoms with van der Waals surface area (Å²) < 4.78 is 40.5. The SMILES string of the molecule is CN=C(NCCCn1c(C)nc2ccccc21)NCCS(=O)(=O)c1ccccc1F. The second-order valence-corrected chi connectivity index (χ2v) is 8.91. The molecule has 1 heterocycles. The van der Waals surface area contributed by atoms with Gasteiger partial charge in [-0.2, -0.15) is 0 Å². The topological polar surface area (TPSA) is 88.4 Å². The van der Waals surface area contributed by atoms with E-state index < -0.39 is 15.7 Å². The Hall–Kier alpha value is -2.94. The number of rotatable bonds is 8. The van der Waals surface area contributed by atoms with Crippen LogP contribution in [-0.4, -0.2) is 49.8 Å². The highest BCUT2D eigenvalue weighted by Gasteiger charge is 2.18. The van der Waals surface area contributed by atoms with E-state index in [-0.39, 0.29) is 17.2 Å². The number of guanidine groups is 1. The number of benzene rings is 2. The number of aromatic nitrogens is 2. The van der Waals surface area contributed by atoms with Crippen molar-refractivity contribution in [2.45, 2.75) is 24.8 Å². The molecule has 3 rings (SSSR count). The van der Waals surface area contributed by atoms with Gasteiger partial charge in [-0.05, 0) is 37.6 Å². The van der Waals surface area contributed by atoms with Crippen LogP contribution >= 0.6 is 0 Å². The predicted molar refractivity (Wildman–Crippen MR) is 117 cm³/mol. The van der Waals surface area contributed by atoms with E-state index in [2.05, 4.69) is 31.2 Å². The predicted octanol–water partition coefficient (Wildman–Crippen LogP) is 2.51. The van der Waals surface area contributed by atoms with Gasteiger partial charge in [0.1, 0.15) is 16.5 Å². The third-order valence-electron chi connectivity index (χ3n) is 4.75. The van der Waals surface area contributed by atoms with Crippen molar-refractivity contribution in [3.63, 3.8) is 0 Å². The number of aryl methyl sites for hydroxylation is 2. The lowest BCUT2D eigenvalue weighted by molar-refractivity contribution is 0.566. The van der Waals surface area contributed by atoms with Crippen molar-refractivity contribution in [2.75, 3.05) is 25.9 Å². The number of sulfone groups is 1. The number of hydrogen-bond acceptors (Lipinski definition) is 4. The molecule has 7 nitrogen and oxygen atoms in total. The van der Waals surface area contributed by atoms with Gasteiger partial charge in [-0.1, -0.05) is 24.3 Å². The highest BCUT2D eigenvalue weighted by molar-refractivity contribution is 7.91. The van der Waals surface area contributed by atoms with Gasteiger partial charge >= 0.3 is 0 Å². The van der Waals surface area contributed by atoms with E-state index in [9.17, 15) is 12.8 Å². The number of para-hydroxylation sites is 2. The van der Waals surface area contributed by atoms with Gasteiger partial charge < -0.3 is 15.2 Å². The molecular formula is C21H26FN5O2S. The van der Waals surface area contributed by atoms with Crippen molar-refractivity contribution < 1.29 is 12.8 Å². The van der Waals surface area contributed by atoms with Crippen LogP contribution in [0, 0.1) is 12.7 Å². The quantitative estimate of drug-likeness (QED) is 0.325. The Bertz CT molecular complexity index is 1140. The normalized spacial score (nSPS) is 12.3. The van der Waals surface area contributed by atoms with Gasteiger partial charge in [-0.15, -0.1) is 0 Å². The summed E-state index contributed by atoms with van der Waals surface area (Å²) in [6.45, 7) is 3.58. The van der Waals surface area contributed by atoms with Gasteiger partial charge in [-0.3, -0.25) is 4.99 Å². The van der Waals surface area contributed by atoms with Crippen molar-refractivity contribution in [1.29, 1.82) is 0 Å². The second-order valence-electron chi connectivity index (χ2n) is 6.83. The Morgan fingerprint density at radius 3 is 2.57 bits per heavy atom. The van der Waals surface area contributed by atoms with Crippen molar-refractivity contribution in [2.24, 2.45) is 4.99 Å². The molecule has 0 bridgehead atoms. The van der Waals surface area contributed by atoms with Gasteiger partial charge in [0.05, 0.1) is 16.8 Å². The van der Waals surface area contributed by atoms with Crippen LogP contribution in [0.1, 0.15) is 12.2 Å². The molecule has 0 aliphatic rings. The molecule has 0 spiro atoms. The number of halogens is 1. The van der Waals surface area contributed by atoms with Crippen molar-refractivity contribution in [1.82, 2.24) is 20.2 Å². The zero-order chi connectivity index (χ0) is 21.6. The average Bonchev–Trinajstić information content (AvgIpc) is 3.05. The molecule has 1 aromatic heterocycles. The number of aliphatic imine (C=N–C) groups is 1. The molecule has 2 N–H and O–H groups in total. The Morgan fingerprint density at radius 2 is 1.80 bits per heavy atom. The van der Waals surface area contributed by atoms with Crippen LogP contribution in [0.5, 0.6) is 0 Å². The van der Waals surface area contributed by atoms with E-state index in [0.29, 0.717) is 12.5 Å². The minimum absolute atomic E-state index is 0.127. The molecular weight excluding hydrogens is 405 g/mol. The molecule has 9 heteroatoms. The summed E-state index contributed by atoms with van der Waals surface area (Å²) in [6, 6.07) is 13.4. The number of imidazole rings is 1. The lowest BCUT2D eigenvalue weighted by atomic mass is 10.3. The summed E-state index contributed by atoms with van der Waals surface area (Å²) in [7, 11) is -2.09. The van der Waals surface area contributed by atoms with Gasteiger partial charge in [0, 0.05) is 26.7 Å². The van der Waals surface area contributed by atoms with Crippen molar-refractivity contribution in [3.8, 4) is 0 Å². The van der Waals surface area contributed by atoms with E-state index in [1.54, 1.807) is 7.05 Å². The van der Waals surface area contributed by atoms with Crippen LogP contribution in [-0.2, 0) is 16.4 Å². The lowest BCUT2D eigenvalue weighted by Crippen LogP contribution is -2.40. The largest absolute Gasteiger partial charge is 0.356 e. The maximum atomic E-state index is 13.7. The number of nitrogens with zero attached hydrogens (tertiary/aromatic N) is 3. The van der Waals surface area contributed by atoms with E-state index in [0.717, 1.165) is 35.9 Å². The van der Waals surface area contributed by atoms with Gasteiger partial charge in [0.25, 0.3) is 0 Å². The summed E-state index contributed by atoms with van der Waals surface area (Å²) in [6.07, 6.45) is 0.843. The van der Waals surface area contributed by atoms with Crippen LogP contribution in [0.4, 0.5) is 4.39 Å². The van der Waals surface area contributed by atoms with Crippen LogP contribution < -0.4 is 10.6 Å². The summed E-state index contributed by atoms with van der Waals surface area (Å²) in [4.78, 5) is 8.39. The summed E-state index contributed by atoms with van der Waals surface area (Å²) in [5.74, 6) is 0.514. The highest BCUT2D eigenvalue weighted by atomic mass is 32.2. The number of hydrogen-bond donors (Lipinski definition) is 2. The lowest BCUT2D eigenvalue weighted by Gasteiger charge is -2.13. The van der Waals surface area contributed by atoms with Crippen LogP contribution in [0.25, 0.3) is 11.0 Å². The molecule has 0 aliphatic carbocycles. The molecule has 0 unspecified atom stereocenters. The third-order valence-corrected chi connectivity index (χ3v) is 6.50. The molecule has 0 aliphatic heterocycles. The summed E-state index contributed by atoms with van der Waals surface area (Å²) >= 11 is 0. The fourth-order valence-corrected chi connectivity index (χ4v) is 4.50. The van der Waals surface area contributed by atoms with Gasteiger partial charge in [-0.25, -0.2) is 17.8 Å². The first-order valence-electron chi connectivity index (χ1n) is 9.76. The Balaban J connectivity index is 1.46. The minimum atomic E-state index is -3.71. The first-order chi connectivity index (χ1) is 14.4. The molecule has 0 saturated heterocycles. The first kappa shape index (κ1) is 21.8. The maximum Gasteiger partial charge on any atom is 0.191 e. The highest BCUT2D eigenvalue weighted by Crippen LogP contribution is 2.16. The molecule has 30 heavy (non-hydrogen) atoms. The standard InChI is InChI=1S/C21H26FN5O2S/c1-16-26-18-9-4-5-10-19(18)27(16)14-7-12-24-21(23-2)25-13-15-30(28,29)20-11-6-3-8-17(20)22/h3-6,8-11H,7,12-15H2,1-2H3,(H2,23,24,25). The molecule has 0 radical (unpaired) electrons. The fourth-order valence-electron chi connectivity index (χ4n) is 3.25. The Kier molecular flexibility index (Phi) is 7.04. The molecule has 0 amide bonds. The van der Waals surface area contributed by atoms with Gasteiger partial charge in [0.15, 0.2) is 15.8 Å². The van der Waals surface area contributed by atoms with Crippen molar-refractivity contribution >= 4 is 26.8 Å². The van der Waals surface area contributed by atoms with Crippen LogP contribution in [0.15, 0.2) is 58.4 Å². The zero-order valence-electron chi connectivity index (χ0n) is 17.1. The van der Waals surface area contributed by atoms with Crippen LogP contribution in [0.3, 0.4) is 0 Å². The molecule has 0 atom stereocenters. The van der Waals surface area contributed by atoms with Crippen LogP contribution in [0.2, 0.25) is 0 Å². The van der Waals surface area contributed by atoms with E-state index in [4.69, 9.17) is 0 Å². The summed E-state index contributed by atoms with van der Waals surface area (Å²) in [5, 5.41) is 6.14. The maximum absolute atomic E-state index is 13.7. The molecule has 0 fully saturated rings. The first-order valence-corrected chi connectivity index (χ1v) is 11.4. The fraction of sp³-hybridized carbons (Fsp3) is 0.333. The van der Waals surface area contributed by atoms with Gasteiger partial charge in [0.2, 0.25) is 0 Å². The minimum Gasteiger partial charge on any atom is -0.356 e. The molecule has 160 valence electrons. The molecule has 3 aromatic rings. The Labute approximate surface area is 176 Å². The summed E-state index contributed by atoms with van der Waals surface area (Å²) in [5.41, 5.74) is 2.09. The van der Waals surface area contributed by atoms with Crippen molar-refractivity contribution in [3.05, 3.63) is 60.2 Å². The third kappa shape index (κ3) is 5.15. The second kappa shape index (κ2) is 9.71. The van der Waals surface area contributed by atoms with E-state index in [1.807, 2.05) is 25.1 Å². The molecule has 2 aromatic carbocycles. The molecule has 0 saturated carbocycles. The smallest absolute Gasteiger partial charge is 0.191 e. The zero-order valence-corrected chi connectivity index (χ0v) is 17.9. The van der Waals surface area contributed by atoms with E-state index >= 15 is 0 Å².